The van der Waals surface area contributed by atoms with Crippen molar-refractivity contribution in [1.29, 1.82) is 0 Å². The second-order valence-electron chi connectivity index (χ2n) is 4.23. The highest BCUT2D eigenvalue weighted by molar-refractivity contribution is 5.33. The summed E-state index contributed by atoms with van der Waals surface area (Å²) in [6.07, 6.45) is 0. The van der Waals surface area contributed by atoms with Crippen molar-refractivity contribution in [2.75, 3.05) is 6.79 Å². The number of rotatable bonds is 4. The van der Waals surface area contributed by atoms with Gasteiger partial charge in [-0.3, -0.25) is 0 Å². The average molecular weight is 324 g/mol. The molecule has 0 aromatic heterocycles. The predicted molar refractivity (Wildman–Crippen MR) is 91.1 cm³/mol. The van der Waals surface area contributed by atoms with Gasteiger partial charge in [0.15, 0.2) is 0 Å². The van der Waals surface area contributed by atoms with Crippen LogP contribution in [0, 0.1) is 25.5 Å². The molecule has 2 rings (SSSR count). The Labute approximate surface area is 138 Å². The summed E-state index contributed by atoms with van der Waals surface area (Å²) in [4.78, 5) is 0. The van der Waals surface area contributed by atoms with Gasteiger partial charge in [0, 0.05) is 0 Å². The fourth-order valence-corrected chi connectivity index (χ4v) is 1.71. The first-order chi connectivity index (χ1) is 11.1. The fourth-order valence-electron chi connectivity index (χ4n) is 1.71. The Balaban J connectivity index is 0.00000112. The fraction of sp³-hybridized carbons (Fsp3) is 0.368. The molecular weight excluding hydrogens is 298 g/mol. The molecular formula is C19H26F2O2. The predicted octanol–water partition coefficient (Wildman–Crippen LogP) is 6.05. The van der Waals surface area contributed by atoms with Gasteiger partial charge in [0.2, 0.25) is 6.79 Å². The molecule has 2 aromatic carbocycles. The summed E-state index contributed by atoms with van der Waals surface area (Å²) in [5, 5.41) is 0. The van der Waals surface area contributed by atoms with Crippen molar-refractivity contribution in [3.05, 3.63) is 59.2 Å². The summed E-state index contributed by atoms with van der Waals surface area (Å²) >= 11 is 0. The summed E-state index contributed by atoms with van der Waals surface area (Å²) < 4.78 is 36.6. The lowest BCUT2D eigenvalue weighted by Crippen LogP contribution is -2.07. The molecule has 0 bridgehead atoms. The maximum absolute atomic E-state index is 12.9. The van der Waals surface area contributed by atoms with Gasteiger partial charge in [0.05, 0.1) is 0 Å². The highest BCUT2D eigenvalue weighted by atomic mass is 19.1. The van der Waals surface area contributed by atoms with Crippen LogP contribution in [0.3, 0.4) is 0 Å². The molecule has 0 aliphatic carbocycles. The van der Waals surface area contributed by atoms with Crippen molar-refractivity contribution in [2.24, 2.45) is 0 Å². The van der Waals surface area contributed by atoms with E-state index in [1.807, 2.05) is 27.7 Å². The Morgan fingerprint density at radius 1 is 0.696 bits per heavy atom. The molecule has 0 saturated heterocycles. The van der Waals surface area contributed by atoms with Crippen LogP contribution in [0.4, 0.5) is 8.78 Å². The van der Waals surface area contributed by atoms with Crippen LogP contribution >= 0.6 is 0 Å². The molecule has 23 heavy (non-hydrogen) atoms. The van der Waals surface area contributed by atoms with Crippen molar-refractivity contribution >= 4 is 0 Å². The van der Waals surface area contributed by atoms with Crippen LogP contribution in [0.25, 0.3) is 0 Å². The number of hydrogen-bond donors (Lipinski definition) is 0. The van der Waals surface area contributed by atoms with Crippen LogP contribution in [0.2, 0.25) is 0 Å². The standard InChI is InChI=1S/C15H14F2O2.2C2H6/c1-10-7-12(16)3-5-14(10)18-9-19-15-6-4-13(17)8-11(15)2;2*1-2/h3-8H,9H2,1-2H3;2*1-2H3. The Kier molecular flexibility index (Phi) is 10.4. The summed E-state index contributed by atoms with van der Waals surface area (Å²) in [5.74, 6) is 0.502. The van der Waals surface area contributed by atoms with E-state index in [4.69, 9.17) is 9.47 Å². The van der Waals surface area contributed by atoms with Gasteiger partial charge in [0.1, 0.15) is 23.1 Å². The van der Waals surface area contributed by atoms with E-state index in [1.54, 1.807) is 26.0 Å². The maximum Gasteiger partial charge on any atom is 0.230 e. The quantitative estimate of drug-likeness (QED) is 0.637. The molecule has 0 N–H and O–H groups in total. The molecule has 0 atom stereocenters. The van der Waals surface area contributed by atoms with Crippen molar-refractivity contribution in [3.8, 4) is 11.5 Å². The summed E-state index contributed by atoms with van der Waals surface area (Å²) in [5.41, 5.74) is 1.39. The van der Waals surface area contributed by atoms with Gasteiger partial charge in [-0.2, -0.15) is 0 Å². The van der Waals surface area contributed by atoms with Crippen LogP contribution in [0.5, 0.6) is 11.5 Å². The van der Waals surface area contributed by atoms with Gasteiger partial charge >= 0.3 is 0 Å². The monoisotopic (exact) mass is 324 g/mol. The van der Waals surface area contributed by atoms with Gasteiger partial charge in [-0.15, -0.1) is 0 Å². The Morgan fingerprint density at radius 3 is 1.35 bits per heavy atom. The van der Waals surface area contributed by atoms with Gasteiger partial charge in [-0.25, -0.2) is 8.78 Å². The van der Waals surface area contributed by atoms with Crippen molar-refractivity contribution in [1.82, 2.24) is 0 Å². The third kappa shape index (κ3) is 7.13. The van der Waals surface area contributed by atoms with Gasteiger partial charge in [0.25, 0.3) is 0 Å². The van der Waals surface area contributed by atoms with Gasteiger partial charge in [-0.05, 0) is 61.4 Å². The number of ether oxygens (including phenoxy) is 2. The normalized spacial score (nSPS) is 9.04. The SMILES string of the molecule is CC.CC.Cc1cc(F)ccc1OCOc1ccc(F)cc1C. The first-order valence-corrected chi connectivity index (χ1v) is 7.84. The largest absolute Gasteiger partial charge is 0.457 e. The van der Waals surface area contributed by atoms with E-state index in [9.17, 15) is 8.78 Å². The molecule has 0 heterocycles. The zero-order valence-electron chi connectivity index (χ0n) is 14.7. The second-order valence-corrected chi connectivity index (χ2v) is 4.23. The molecule has 0 amide bonds. The van der Waals surface area contributed by atoms with E-state index >= 15 is 0 Å². The van der Waals surface area contributed by atoms with E-state index < -0.39 is 0 Å². The van der Waals surface area contributed by atoms with E-state index in [2.05, 4.69) is 0 Å². The number of aryl methyl sites for hydroxylation is 2. The topological polar surface area (TPSA) is 18.5 Å². The molecule has 0 aliphatic rings. The maximum atomic E-state index is 12.9. The molecule has 2 aromatic rings. The van der Waals surface area contributed by atoms with Crippen molar-refractivity contribution < 1.29 is 18.3 Å². The molecule has 0 fully saturated rings. The lowest BCUT2D eigenvalue weighted by molar-refractivity contribution is 0.118. The number of hydrogen-bond acceptors (Lipinski definition) is 2. The Morgan fingerprint density at radius 2 is 1.04 bits per heavy atom. The zero-order valence-corrected chi connectivity index (χ0v) is 14.7. The summed E-state index contributed by atoms with van der Waals surface area (Å²) in [6.45, 7) is 11.5. The molecule has 0 saturated carbocycles. The highest BCUT2D eigenvalue weighted by Gasteiger charge is 2.03. The van der Waals surface area contributed by atoms with E-state index in [0.29, 0.717) is 22.6 Å². The molecule has 0 radical (unpaired) electrons. The van der Waals surface area contributed by atoms with Crippen LogP contribution in [-0.4, -0.2) is 6.79 Å². The lowest BCUT2D eigenvalue weighted by Gasteiger charge is -2.12. The van der Waals surface area contributed by atoms with Crippen LogP contribution in [-0.2, 0) is 0 Å². The molecule has 4 heteroatoms. The molecule has 0 spiro atoms. The van der Waals surface area contributed by atoms with Gasteiger partial charge < -0.3 is 9.47 Å². The Hall–Kier alpha value is -2.10. The van der Waals surface area contributed by atoms with Crippen molar-refractivity contribution in [2.45, 2.75) is 41.5 Å². The summed E-state index contributed by atoms with van der Waals surface area (Å²) in [7, 11) is 0. The van der Waals surface area contributed by atoms with Crippen LogP contribution in [0.15, 0.2) is 36.4 Å². The first kappa shape index (κ1) is 20.9. The molecule has 128 valence electrons. The minimum absolute atomic E-state index is 0.0149. The first-order valence-electron chi connectivity index (χ1n) is 7.84. The minimum atomic E-state index is -0.305. The third-order valence-electron chi connectivity index (χ3n) is 2.70. The highest BCUT2D eigenvalue weighted by Crippen LogP contribution is 2.21. The second kappa shape index (κ2) is 11.5. The molecule has 0 unspecified atom stereocenters. The number of benzene rings is 2. The van der Waals surface area contributed by atoms with E-state index in [-0.39, 0.29) is 18.4 Å². The smallest absolute Gasteiger partial charge is 0.230 e. The van der Waals surface area contributed by atoms with Crippen LogP contribution < -0.4 is 9.47 Å². The third-order valence-corrected chi connectivity index (χ3v) is 2.70. The van der Waals surface area contributed by atoms with E-state index in [0.717, 1.165) is 0 Å². The lowest BCUT2D eigenvalue weighted by atomic mass is 10.2. The minimum Gasteiger partial charge on any atom is -0.457 e. The zero-order chi connectivity index (χ0) is 17.8. The van der Waals surface area contributed by atoms with Gasteiger partial charge in [-0.1, -0.05) is 27.7 Å². The van der Waals surface area contributed by atoms with E-state index in [1.165, 1.54) is 24.3 Å². The summed E-state index contributed by atoms with van der Waals surface area (Å²) in [6, 6.07) is 8.52. The number of halogens is 2. The Bertz CT molecular complexity index is 532. The molecule has 2 nitrogen and oxygen atoms in total. The molecule has 0 aliphatic heterocycles. The van der Waals surface area contributed by atoms with Crippen molar-refractivity contribution in [3.63, 3.8) is 0 Å². The van der Waals surface area contributed by atoms with Crippen LogP contribution in [0.1, 0.15) is 38.8 Å². The average Bonchev–Trinajstić information content (AvgIpc) is 2.55.